The number of aliphatic carboxylic acids is 1. The number of amides is 6. The zero-order valence-corrected chi connectivity index (χ0v) is 28.9. The smallest absolute Gasteiger partial charge is 0.312 e. The van der Waals surface area contributed by atoms with Crippen molar-refractivity contribution in [3.63, 3.8) is 0 Å². The minimum absolute atomic E-state index is 0.00144. The van der Waals surface area contributed by atoms with Gasteiger partial charge in [-0.25, -0.2) is 4.79 Å². The van der Waals surface area contributed by atoms with Crippen molar-refractivity contribution < 1.29 is 57.9 Å². The highest BCUT2D eigenvalue weighted by Gasteiger charge is 2.24. The Bertz CT molecular complexity index is 1300. The van der Waals surface area contributed by atoms with E-state index in [0.29, 0.717) is 44.3 Å². The number of aliphatic hydroxyl groups is 1. The number of hydrogen-bond acceptors (Lipinski definition) is 12. The van der Waals surface area contributed by atoms with Crippen molar-refractivity contribution in [1.29, 1.82) is 0 Å². The summed E-state index contributed by atoms with van der Waals surface area (Å²) in [5.74, 6) is -3.91. The predicted molar refractivity (Wildman–Crippen MR) is 183 cm³/mol. The Hall–Kier alpha value is -5.05. The first-order chi connectivity index (χ1) is 25.0. The van der Waals surface area contributed by atoms with Crippen molar-refractivity contribution in [2.75, 3.05) is 77.8 Å². The number of anilines is 1. The molecule has 9 N–H and O–H groups in total. The lowest BCUT2D eigenvalue weighted by molar-refractivity contribution is -0.138. The van der Waals surface area contributed by atoms with Crippen LogP contribution in [0.15, 0.2) is 29.4 Å². The summed E-state index contributed by atoms with van der Waals surface area (Å²) in [6.07, 6.45) is -0.455. The zero-order chi connectivity index (χ0) is 38.4. The van der Waals surface area contributed by atoms with Crippen molar-refractivity contribution >= 4 is 41.3 Å². The molecule has 1 aromatic rings. The molecule has 0 spiro atoms. The lowest BCUT2D eigenvalue weighted by Crippen LogP contribution is -2.51. The van der Waals surface area contributed by atoms with Gasteiger partial charge in [-0.3, -0.25) is 24.0 Å². The largest absolute Gasteiger partial charge is 0.481 e. The second-order valence-electron chi connectivity index (χ2n) is 10.8. The third kappa shape index (κ3) is 23.4. The summed E-state index contributed by atoms with van der Waals surface area (Å²) >= 11 is 0. The molecule has 0 aliphatic rings. The summed E-state index contributed by atoms with van der Waals surface area (Å²) in [6.45, 7) is 1.69. The molecule has 52 heavy (non-hydrogen) atoms. The maximum Gasteiger partial charge on any atom is 0.312 e. The van der Waals surface area contributed by atoms with Gasteiger partial charge in [0.15, 0.2) is 0 Å². The number of aliphatic hydroxyl groups excluding tert-OH is 1. The lowest BCUT2D eigenvalue weighted by Gasteiger charge is -2.20. The van der Waals surface area contributed by atoms with Crippen LogP contribution >= 0.6 is 0 Å². The van der Waals surface area contributed by atoms with E-state index in [4.69, 9.17) is 35.3 Å². The summed E-state index contributed by atoms with van der Waals surface area (Å²) < 4.78 is 21.2. The maximum atomic E-state index is 13.0. The van der Waals surface area contributed by atoms with Crippen LogP contribution in [0.3, 0.4) is 0 Å². The molecule has 1 rings (SSSR count). The first-order valence-electron chi connectivity index (χ1n) is 16.5. The number of nitrogens with zero attached hydrogens (tertiary/aromatic N) is 3. The van der Waals surface area contributed by atoms with Gasteiger partial charge in [0.25, 0.3) is 0 Å². The Morgan fingerprint density at radius 1 is 0.769 bits per heavy atom. The van der Waals surface area contributed by atoms with Crippen molar-refractivity contribution in [1.82, 2.24) is 21.3 Å². The van der Waals surface area contributed by atoms with Gasteiger partial charge in [0.1, 0.15) is 12.1 Å². The highest BCUT2D eigenvalue weighted by atomic mass is 16.6. The Labute approximate surface area is 300 Å². The Kier molecular flexibility index (Phi) is 24.8. The molecule has 21 nitrogen and oxygen atoms in total. The quantitative estimate of drug-likeness (QED) is 0.0210. The van der Waals surface area contributed by atoms with E-state index in [1.54, 1.807) is 24.3 Å². The van der Waals surface area contributed by atoms with Gasteiger partial charge in [0, 0.05) is 36.5 Å². The lowest BCUT2D eigenvalue weighted by atomic mass is 10.1. The van der Waals surface area contributed by atoms with Crippen LogP contribution < -0.4 is 32.3 Å². The molecular weight excluding hydrogens is 690 g/mol. The molecule has 0 aliphatic heterocycles. The third-order valence-corrected chi connectivity index (χ3v) is 6.73. The second kappa shape index (κ2) is 28.6. The average molecular weight is 740 g/mol. The highest BCUT2D eigenvalue weighted by molar-refractivity contribution is 5.98. The topological polar surface area (TPSA) is 315 Å². The van der Waals surface area contributed by atoms with Crippen molar-refractivity contribution in [3.05, 3.63) is 40.3 Å². The number of rotatable bonds is 30. The van der Waals surface area contributed by atoms with Gasteiger partial charge in [0.2, 0.25) is 23.6 Å². The number of carboxylic acids is 1. The first-order valence-corrected chi connectivity index (χ1v) is 16.5. The normalized spacial score (nSPS) is 11.7. The molecule has 0 aromatic heterocycles. The van der Waals surface area contributed by atoms with Crippen molar-refractivity contribution in [3.8, 4) is 0 Å². The number of carbonyl (C=O) groups excluding carboxylic acids is 5. The molecule has 6 amide bonds. The zero-order valence-electron chi connectivity index (χ0n) is 28.9. The van der Waals surface area contributed by atoms with Crippen LogP contribution in [-0.4, -0.2) is 130 Å². The van der Waals surface area contributed by atoms with Gasteiger partial charge in [-0.2, -0.15) is 0 Å². The van der Waals surface area contributed by atoms with Crippen molar-refractivity contribution in [2.24, 2.45) is 10.8 Å². The van der Waals surface area contributed by atoms with E-state index in [2.05, 4.69) is 36.6 Å². The van der Waals surface area contributed by atoms with Crippen LogP contribution in [0.4, 0.5) is 10.5 Å². The van der Waals surface area contributed by atoms with Crippen LogP contribution in [0.5, 0.6) is 0 Å². The standard InChI is InChI=1S/C31H49N9O12/c32-31(48)34-10-1-2-24(30(47)37-23-5-3-22(21-41)4-6-23)39-27(43)20-35-29(46)25(7-8-28(44)45)38-26(42)9-12-49-14-16-51-18-19-52-17-15-50-13-11-36-40-33/h3-6,24-25,41H,1-2,7-21H2,(H,35,46)(H,37,47)(H,38,42)(H,39,43)(H,44,45)(H3,32,34,48)/t24-,25-/m1/s1. The third-order valence-electron chi connectivity index (χ3n) is 6.73. The number of primary amides is 1. The monoisotopic (exact) mass is 739 g/mol. The van der Waals surface area contributed by atoms with E-state index in [0.717, 1.165) is 0 Å². The van der Waals surface area contributed by atoms with E-state index < -0.39 is 60.7 Å². The van der Waals surface area contributed by atoms with Crippen LogP contribution in [-0.2, 0) is 49.5 Å². The van der Waals surface area contributed by atoms with Crippen LogP contribution in [0.2, 0.25) is 0 Å². The van der Waals surface area contributed by atoms with Gasteiger partial charge in [-0.05, 0) is 42.5 Å². The number of benzene rings is 1. The van der Waals surface area contributed by atoms with Gasteiger partial charge >= 0.3 is 12.0 Å². The fourth-order valence-electron chi connectivity index (χ4n) is 4.13. The second-order valence-corrected chi connectivity index (χ2v) is 10.8. The minimum Gasteiger partial charge on any atom is -0.481 e. The van der Waals surface area contributed by atoms with E-state index >= 15 is 0 Å². The van der Waals surface area contributed by atoms with E-state index in [-0.39, 0.29) is 65.2 Å². The number of carbonyl (C=O) groups is 6. The summed E-state index contributed by atoms with van der Waals surface area (Å²) in [4.78, 5) is 75.9. The summed E-state index contributed by atoms with van der Waals surface area (Å²) in [6, 6.07) is 3.26. The highest BCUT2D eigenvalue weighted by Crippen LogP contribution is 2.11. The van der Waals surface area contributed by atoms with E-state index in [9.17, 15) is 33.9 Å². The number of ether oxygens (including phenoxy) is 4. The number of azide groups is 1. The Balaban J connectivity index is 2.50. The number of nitrogens with one attached hydrogen (secondary N) is 5. The number of urea groups is 1. The van der Waals surface area contributed by atoms with Gasteiger partial charge < -0.3 is 61.5 Å². The molecule has 0 unspecified atom stereocenters. The van der Waals surface area contributed by atoms with Crippen molar-refractivity contribution in [2.45, 2.75) is 50.8 Å². The molecule has 0 saturated heterocycles. The molecule has 0 heterocycles. The van der Waals surface area contributed by atoms with Gasteiger partial charge in [-0.15, -0.1) is 0 Å². The van der Waals surface area contributed by atoms with Gasteiger partial charge in [-0.1, -0.05) is 17.2 Å². The molecule has 21 heteroatoms. The van der Waals surface area contributed by atoms with Crippen LogP contribution in [0, 0.1) is 0 Å². The first kappa shape index (κ1) is 45.0. The Morgan fingerprint density at radius 3 is 1.92 bits per heavy atom. The number of hydrogen-bond donors (Lipinski definition) is 8. The van der Waals surface area contributed by atoms with E-state index in [1.807, 2.05) is 0 Å². The minimum atomic E-state index is -1.27. The summed E-state index contributed by atoms with van der Waals surface area (Å²) in [5.41, 5.74) is 14.3. The fourth-order valence-corrected chi connectivity index (χ4v) is 4.13. The van der Waals surface area contributed by atoms with Crippen LogP contribution in [0.25, 0.3) is 10.4 Å². The SMILES string of the molecule is [N-]=[N+]=NCCOCCOCCOCCOCCC(=O)N[C@H](CCC(=O)O)C(=O)NCC(=O)N[C@H](CCCNC(N)=O)C(=O)Nc1ccc(CO)cc1. The van der Waals surface area contributed by atoms with E-state index in [1.165, 1.54) is 0 Å². The van der Waals surface area contributed by atoms with Crippen LogP contribution in [0.1, 0.15) is 37.7 Å². The average Bonchev–Trinajstić information content (AvgIpc) is 3.11. The molecule has 0 aliphatic carbocycles. The van der Waals surface area contributed by atoms with Gasteiger partial charge in [0.05, 0.1) is 66.0 Å². The fraction of sp³-hybridized carbons (Fsp3) is 0.613. The molecule has 2 atom stereocenters. The summed E-state index contributed by atoms with van der Waals surface area (Å²) in [7, 11) is 0. The molecule has 1 aromatic carbocycles. The maximum absolute atomic E-state index is 13.0. The molecule has 0 radical (unpaired) electrons. The predicted octanol–water partition coefficient (Wildman–Crippen LogP) is -0.717. The molecule has 0 saturated carbocycles. The summed E-state index contributed by atoms with van der Waals surface area (Å²) in [5, 5.41) is 34.0. The molecule has 0 fully saturated rings. The number of nitrogens with two attached hydrogens (primary N) is 1. The Morgan fingerprint density at radius 2 is 1.35 bits per heavy atom. The molecule has 0 bridgehead atoms. The number of carboxylic acid groups (broad SMARTS) is 1. The molecule has 290 valence electrons. The molecular formula is C31H49N9O12.